The first-order valence-electron chi connectivity index (χ1n) is 7.85. The average molecular weight is 311 g/mol. The van der Waals surface area contributed by atoms with Crippen molar-refractivity contribution in [3.05, 3.63) is 28.8 Å². The Morgan fingerprint density at radius 2 is 2.14 bits per heavy atom. The van der Waals surface area contributed by atoms with Gasteiger partial charge in [-0.2, -0.15) is 0 Å². The molecule has 0 spiro atoms. The van der Waals surface area contributed by atoms with E-state index in [1.807, 2.05) is 6.07 Å². The minimum absolute atomic E-state index is 0.730. The first-order chi connectivity index (χ1) is 10.1. The highest BCUT2D eigenvalue weighted by Gasteiger charge is 2.24. The number of anilines is 1. The third-order valence-corrected chi connectivity index (χ3v) is 4.75. The monoisotopic (exact) mass is 310 g/mol. The fraction of sp³-hybridized carbons (Fsp3) is 0.647. The van der Waals surface area contributed by atoms with E-state index in [4.69, 9.17) is 16.3 Å². The molecule has 0 radical (unpaired) electrons. The van der Waals surface area contributed by atoms with Crippen LogP contribution in [0.25, 0.3) is 0 Å². The van der Waals surface area contributed by atoms with E-state index in [2.05, 4.69) is 36.2 Å². The van der Waals surface area contributed by atoms with Gasteiger partial charge in [0.2, 0.25) is 0 Å². The van der Waals surface area contributed by atoms with Crippen molar-refractivity contribution in [2.45, 2.75) is 26.8 Å². The second-order valence-electron chi connectivity index (χ2n) is 6.13. The predicted molar refractivity (Wildman–Crippen MR) is 90.2 cm³/mol. The SMILES string of the molecule is COCCNCc1cc(Cl)ccc1N1CCC(C)C(C)C1. The minimum atomic E-state index is 0.730. The van der Waals surface area contributed by atoms with Crippen LogP contribution in [0.2, 0.25) is 5.02 Å². The molecule has 2 rings (SSSR count). The second kappa shape index (κ2) is 8.02. The van der Waals surface area contributed by atoms with Crippen molar-refractivity contribution in [3.8, 4) is 0 Å². The molecular formula is C17H27ClN2O. The smallest absolute Gasteiger partial charge is 0.0587 e. The molecular weight excluding hydrogens is 284 g/mol. The van der Waals surface area contributed by atoms with Gasteiger partial charge < -0.3 is 15.0 Å². The van der Waals surface area contributed by atoms with Gasteiger partial charge in [-0.3, -0.25) is 0 Å². The van der Waals surface area contributed by atoms with Gasteiger partial charge in [-0.1, -0.05) is 25.4 Å². The second-order valence-corrected chi connectivity index (χ2v) is 6.57. The summed E-state index contributed by atoms with van der Waals surface area (Å²) in [4.78, 5) is 2.51. The molecule has 0 saturated carbocycles. The molecule has 4 heteroatoms. The summed E-state index contributed by atoms with van der Waals surface area (Å²) >= 11 is 6.18. The number of benzene rings is 1. The molecule has 0 aliphatic carbocycles. The minimum Gasteiger partial charge on any atom is -0.383 e. The number of piperidine rings is 1. The Morgan fingerprint density at radius 3 is 2.86 bits per heavy atom. The molecule has 0 aromatic heterocycles. The summed E-state index contributed by atoms with van der Waals surface area (Å²) < 4.78 is 5.08. The third-order valence-electron chi connectivity index (χ3n) is 4.51. The molecule has 1 N–H and O–H groups in total. The lowest BCUT2D eigenvalue weighted by atomic mass is 9.88. The van der Waals surface area contributed by atoms with Crippen molar-refractivity contribution < 1.29 is 4.74 Å². The zero-order valence-electron chi connectivity index (χ0n) is 13.4. The quantitative estimate of drug-likeness (QED) is 0.813. The molecule has 1 heterocycles. The fourth-order valence-corrected chi connectivity index (χ4v) is 3.08. The number of ether oxygens (including phenoxy) is 1. The van der Waals surface area contributed by atoms with Crippen molar-refractivity contribution in [2.24, 2.45) is 11.8 Å². The van der Waals surface area contributed by atoms with Crippen molar-refractivity contribution in [2.75, 3.05) is 38.3 Å². The number of hydrogen-bond donors (Lipinski definition) is 1. The van der Waals surface area contributed by atoms with Crippen LogP contribution in [0.1, 0.15) is 25.8 Å². The molecule has 118 valence electrons. The summed E-state index contributed by atoms with van der Waals surface area (Å²) in [6.45, 7) is 9.40. The first-order valence-corrected chi connectivity index (χ1v) is 8.22. The Kier molecular flexibility index (Phi) is 6.34. The maximum atomic E-state index is 6.18. The molecule has 1 fully saturated rings. The zero-order chi connectivity index (χ0) is 15.2. The van der Waals surface area contributed by atoms with E-state index in [1.165, 1.54) is 17.7 Å². The van der Waals surface area contributed by atoms with Crippen LogP contribution in [0.4, 0.5) is 5.69 Å². The number of hydrogen-bond acceptors (Lipinski definition) is 3. The van der Waals surface area contributed by atoms with Crippen molar-refractivity contribution in [3.63, 3.8) is 0 Å². The molecule has 1 aliphatic rings. The van der Waals surface area contributed by atoms with E-state index in [9.17, 15) is 0 Å². The number of nitrogens with zero attached hydrogens (tertiary/aromatic N) is 1. The highest BCUT2D eigenvalue weighted by atomic mass is 35.5. The van der Waals surface area contributed by atoms with Crippen LogP contribution in [-0.2, 0) is 11.3 Å². The molecule has 3 nitrogen and oxygen atoms in total. The largest absolute Gasteiger partial charge is 0.383 e. The van der Waals surface area contributed by atoms with E-state index in [-0.39, 0.29) is 0 Å². The van der Waals surface area contributed by atoms with E-state index in [0.717, 1.165) is 49.6 Å². The highest BCUT2D eigenvalue weighted by molar-refractivity contribution is 6.30. The summed E-state index contributed by atoms with van der Waals surface area (Å²) in [6.07, 6.45) is 1.26. The van der Waals surface area contributed by atoms with Crippen LogP contribution in [0.15, 0.2) is 18.2 Å². The predicted octanol–water partition coefficient (Wildman–Crippen LogP) is 3.56. The Bertz CT molecular complexity index is 452. The molecule has 1 saturated heterocycles. The number of halogens is 1. The van der Waals surface area contributed by atoms with Crippen LogP contribution in [-0.4, -0.2) is 33.4 Å². The highest BCUT2D eigenvalue weighted by Crippen LogP contribution is 2.30. The van der Waals surface area contributed by atoms with E-state index in [0.29, 0.717) is 0 Å². The fourth-order valence-electron chi connectivity index (χ4n) is 2.88. The van der Waals surface area contributed by atoms with Gasteiger partial charge in [0.25, 0.3) is 0 Å². The van der Waals surface area contributed by atoms with Gasteiger partial charge in [0.1, 0.15) is 0 Å². The standard InChI is InChI=1S/C17H27ClN2O/c1-13-6-8-20(12-14(13)2)17-5-4-16(18)10-15(17)11-19-7-9-21-3/h4-5,10,13-14,19H,6-9,11-12H2,1-3H3. The van der Waals surface area contributed by atoms with E-state index in [1.54, 1.807) is 7.11 Å². The lowest BCUT2D eigenvalue weighted by molar-refractivity contribution is 0.199. The topological polar surface area (TPSA) is 24.5 Å². The van der Waals surface area contributed by atoms with Gasteiger partial charge in [0, 0.05) is 44.0 Å². The lowest BCUT2D eigenvalue weighted by Gasteiger charge is -2.38. The Balaban J connectivity index is 2.07. The molecule has 1 aliphatic heterocycles. The number of rotatable bonds is 6. The van der Waals surface area contributed by atoms with Gasteiger partial charge in [-0.15, -0.1) is 0 Å². The summed E-state index contributed by atoms with van der Waals surface area (Å²) in [7, 11) is 1.72. The van der Waals surface area contributed by atoms with Gasteiger partial charge in [-0.05, 0) is 42.0 Å². The van der Waals surface area contributed by atoms with Crippen molar-refractivity contribution >= 4 is 17.3 Å². The van der Waals surface area contributed by atoms with Gasteiger partial charge in [-0.25, -0.2) is 0 Å². The van der Waals surface area contributed by atoms with E-state index < -0.39 is 0 Å². The average Bonchev–Trinajstić information content (AvgIpc) is 2.47. The van der Waals surface area contributed by atoms with Crippen LogP contribution in [0.3, 0.4) is 0 Å². The Morgan fingerprint density at radius 1 is 1.33 bits per heavy atom. The zero-order valence-corrected chi connectivity index (χ0v) is 14.1. The summed E-state index contributed by atoms with van der Waals surface area (Å²) in [5, 5.41) is 4.23. The molecule has 0 bridgehead atoms. The molecule has 2 atom stereocenters. The van der Waals surface area contributed by atoms with Crippen LogP contribution < -0.4 is 10.2 Å². The van der Waals surface area contributed by atoms with Gasteiger partial charge in [0.15, 0.2) is 0 Å². The van der Waals surface area contributed by atoms with Crippen LogP contribution >= 0.6 is 11.6 Å². The number of methoxy groups -OCH3 is 1. The first kappa shape index (κ1) is 16.6. The Hall–Kier alpha value is -0.770. The van der Waals surface area contributed by atoms with Crippen molar-refractivity contribution in [1.29, 1.82) is 0 Å². The Labute approximate surface area is 133 Å². The summed E-state index contributed by atoms with van der Waals surface area (Å²) in [5.74, 6) is 1.56. The molecule has 2 unspecified atom stereocenters. The molecule has 21 heavy (non-hydrogen) atoms. The number of nitrogens with one attached hydrogen (secondary N) is 1. The molecule has 1 aromatic carbocycles. The summed E-state index contributed by atoms with van der Waals surface area (Å²) in [5.41, 5.74) is 2.60. The van der Waals surface area contributed by atoms with Gasteiger partial charge in [0.05, 0.1) is 6.61 Å². The van der Waals surface area contributed by atoms with Crippen molar-refractivity contribution in [1.82, 2.24) is 5.32 Å². The normalized spacial score (nSPS) is 22.6. The maximum Gasteiger partial charge on any atom is 0.0587 e. The van der Waals surface area contributed by atoms with Crippen LogP contribution in [0.5, 0.6) is 0 Å². The maximum absolute atomic E-state index is 6.18. The molecule has 1 aromatic rings. The van der Waals surface area contributed by atoms with E-state index >= 15 is 0 Å². The third kappa shape index (κ3) is 4.60. The molecule has 0 amide bonds. The summed E-state index contributed by atoms with van der Waals surface area (Å²) in [6, 6.07) is 6.25. The van der Waals surface area contributed by atoms with Gasteiger partial charge >= 0.3 is 0 Å². The van der Waals surface area contributed by atoms with Crippen LogP contribution in [0, 0.1) is 11.8 Å². The lowest BCUT2D eigenvalue weighted by Crippen LogP contribution is -2.39.